The molecule has 0 atom stereocenters. The minimum absolute atomic E-state index is 0. The Labute approximate surface area is 114 Å². The van der Waals surface area contributed by atoms with Crippen molar-refractivity contribution in [3.8, 4) is 0 Å². The Morgan fingerprint density at radius 1 is 0.733 bits per heavy atom. The minimum atomic E-state index is -1.18. The summed E-state index contributed by atoms with van der Waals surface area (Å²) >= 11 is 0. The molecular formula is C8H19NO5Y+3. The summed E-state index contributed by atoms with van der Waals surface area (Å²) < 4.78 is 0. The fourth-order valence-corrected chi connectivity index (χ4v) is 1.28. The van der Waals surface area contributed by atoms with E-state index >= 15 is 0 Å². The van der Waals surface area contributed by atoms with Gasteiger partial charge in [-0.05, 0) is 0 Å². The van der Waals surface area contributed by atoms with Gasteiger partial charge in [0, 0.05) is 13.1 Å². The summed E-state index contributed by atoms with van der Waals surface area (Å²) in [7, 11) is 0. The van der Waals surface area contributed by atoms with Gasteiger partial charge in [0.05, 0.1) is 38.6 Å². The van der Waals surface area contributed by atoms with E-state index in [9.17, 15) is 0 Å². The van der Waals surface area contributed by atoms with Crippen LogP contribution in [-0.4, -0.2) is 82.1 Å². The zero-order valence-electron chi connectivity index (χ0n) is 8.71. The van der Waals surface area contributed by atoms with Crippen LogP contribution >= 0.6 is 0 Å². The molecule has 0 saturated heterocycles. The van der Waals surface area contributed by atoms with Crippen LogP contribution < -0.4 is 0 Å². The van der Waals surface area contributed by atoms with Crippen molar-refractivity contribution in [2.24, 2.45) is 0 Å². The van der Waals surface area contributed by atoms with Gasteiger partial charge < -0.3 is 25.5 Å². The van der Waals surface area contributed by atoms with E-state index < -0.39 is 25.4 Å². The predicted molar refractivity (Wildman–Crippen MR) is 49.7 cm³/mol. The van der Waals surface area contributed by atoms with Crippen LogP contribution in [0.2, 0.25) is 0 Å². The van der Waals surface area contributed by atoms with Gasteiger partial charge in [0.15, 0.2) is 0 Å². The molecule has 0 aromatic rings. The van der Waals surface area contributed by atoms with Crippen LogP contribution in [-0.2, 0) is 32.7 Å². The Hall–Kier alpha value is 0.864. The van der Waals surface area contributed by atoms with Crippen LogP contribution in [0.15, 0.2) is 0 Å². The molecule has 0 aliphatic rings. The maximum atomic E-state index is 9.08. The topological polar surface area (TPSA) is 104 Å². The Kier molecular flexibility index (Phi) is 12.2. The number of β-amino-alcohol motifs (C(OH)–C–C–N with tert-alkyl or cyclic N) is 2. The molecule has 6 nitrogen and oxygen atoms in total. The third-order valence-corrected chi connectivity index (χ3v) is 2.29. The first-order chi connectivity index (χ1) is 6.70. The van der Waals surface area contributed by atoms with Crippen LogP contribution in [0, 0.1) is 0 Å². The smallest absolute Gasteiger partial charge is 0.395 e. The van der Waals surface area contributed by atoms with Gasteiger partial charge in [-0.25, -0.2) is 0 Å². The van der Waals surface area contributed by atoms with Crippen molar-refractivity contribution in [3.05, 3.63) is 0 Å². The van der Waals surface area contributed by atoms with Crippen LogP contribution in [0.4, 0.5) is 0 Å². The van der Waals surface area contributed by atoms with Gasteiger partial charge >= 0.3 is 32.7 Å². The number of nitrogens with zero attached hydrogens (tertiary/aromatic N) is 1. The van der Waals surface area contributed by atoms with Gasteiger partial charge in [-0.3, -0.25) is 4.90 Å². The van der Waals surface area contributed by atoms with Gasteiger partial charge in [-0.1, -0.05) is 0 Å². The maximum Gasteiger partial charge on any atom is 3.00 e. The Morgan fingerprint density at radius 2 is 1.07 bits per heavy atom. The molecule has 7 heteroatoms. The molecule has 0 rings (SSSR count). The summed E-state index contributed by atoms with van der Waals surface area (Å²) in [5.41, 5.74) is -1.18. The number of hydrogen-bond acceptors (Lipinski definition) is 6. The summed E-state index contributed by atoms with van der Waals surface area (Å²) in [6, 6.07) is 0. The summed E-state index contributed by atoms with van der Waals surface area (Å²) in [4.78, 5) is 1.47. The molecule has 0 unspecified atom stereocenters. The SMILES string of the molecule is OCCN(CCO)C(CO)(CO)CO.[Y+3]. The zero-order chi connectivity index (χ0) is 11.0. The molecule has 5 N–H and O–H groups in total. The molecule has 0 heterocycles. The second-order valence-corrected chi connectivity index (χ2v) is 3.13. The number of aliphatic hydroxyl groups is 5. The maximum absolute atomic E-state index is 9.08. The predicted octanol–water partition coefficient (Wildman–Crippen LogP) is -3.01. The van der Waals surface area contributed by atoms with Crippen molar-refractivity contribution < 1.29 is 58.2 Å². The summed E-state index contributed by atoms with van der Waals surface area (Å²) in [6.45, 7) is -1.26. The van der Waals surface area contributed by atoms with E-state index in [4.69, 9.17) is 25.5 Å². The Balaban J connectivity index is 0. The minimum Gasteiger partial charge on any atom is -0.395 e. The van der Waals surface area contributed by atoms with Gasteiger partial charge in [-0.2, -0.15) is 0 Å². The molecular weight excluding hydrogens is 279 g/mol. The van der Waals surface area contributed by atoms with Crippen molar-refractivity contribution in [1.29, 1.82) is 0 Å². The second kappa shape index (κ2) is 10.0. The average Bonchev–Trinajstić information content (AvgIpc) is 2.22. The second-order valence-electron chi connectivity index (χ2n) is 3.13. The number of hydrogen-bond donors (Lipinski definition) is 5. The molecule has 0 spiro atoms. The van der Waals surface area contributed by atoms with Crippen molar-refractivity contribution in [1.82, 2.24) is 4.90 Å². The van der Waals surface area contributed by atoms with Gasteiger partial charge in [0.2, 0.25) is 0 Å². The summed E-state index contributed by atoms with van der Waals surface area (Å²) in [6.07, 6.45) is 0. The molecule has 0 fully saturated rings. The van der Waals surface area contributed by atoms with Gasteiger partial charge in [0.1, 0.15) is 0 Å². The first-order valence-corrected chi connectivity index (χ1v) is 4.50. The average molecular weight is 298 g/mol. The van der Waals surface area contributed by atoms with Crippen molar-refractivity contribution in [2.75, 3.05) is 46.1 Å². The third kappa shape index (κ3) is 5.15. The van der Waals surface area contributed by atoms with Gasteiger partial charge in [0.25, 0.3) is 0 Å². The molecule has 0 radical (unpaired) electrons. The van der Waals surface area contributed by atoms with Crippen LogP contribution in [0.25, 0.3) is 0 Å². The standard InChI is InChI=1S/C8H19NO5.Y/c10-3-1-9(2-4-11)8(5-12,6-13)7-14;/h10-14H,1-7H2;/q;+3. The molecule has 0 aliphatic heterocycles. The molecule has 0 saturated carbocycles. The van der Waals surface area contributed by atoms with Crippen LogP contribution in [0.3, 0.4) is 0 Å². The summed E-state index contributed by atoms with van der Waals surface area (Å²) in [5, 5.41) is 44.7. The third-order valence-electron chi connectivity index (χ3n) is 2.29. The van der Waals surface area contributed by atoms with E-state index in [1.165, 1.54) is 4.90 Å². The van der Waals surface area contributed by atoms with Crippen molar-refractivity contribution in [2.45, 2.75) is 5.54 Å². The fraction of sp³-hybridized carbons (Fsp3) is 1.00. The van der Waals surface area contributed by atoms with E-state index in [1.807, 2.05) is 0 Å². The Bertz CT molecular complexity index is 131. The number of aliphatic hydroxyl groups excluding tert-OH is 5. The van der Waals surface area contributed by atoms with E-state index in [1.54, 1.807) is 0 Å². The number of rotatable bonds is 8. The first kappa shape index (κ1) is 18.2. The van der Waals surface area contributed by atoms with Crippen LogP contribution in [0.1, 0.15) is 0 Å². The van der Waals surface area contributed by atoms with E-state index in [-0.39, 0.29) is 59.0 Å². The van der Waals surface area contributed by atoms with Crippen molar-refractivity contribution >= 4 is 0 Å². The molecule has 0 amide bonds. The van der Waals surface area contributed by atoms with E-state index in [0.717, 1.165) is 0 Å². The van der Waals surface area contributed by atoms with Crippen LogP contribution in [0.5, 0.6) is 0 Å². The monoisotopic (exact) mass is 298 g/mol. The zero-order valence-corrected chi connectivity index (χ0v) is 11.5. The molecule has 0 aromatic heterocycles. The first-order valence-electron chi connectivity index (χ1n) is 4.50. The normalized spacial score (nSPS) is 11.6. The van der Waals surface area contributed by atoms with Crippen molar-refractivity contribution in [3.63, 3.8) is 0 Å². The largest absolute Gasteiger partial charge is 3.00 e. The quantitative estimate of drug-likeness (QED) is 0.327. The molecule has 0 aliphatic carbocycles. The molecule has 0 aromatic carbocycles. The van der Waals surface area contributed by atoms with Gasteiger partial charge in [-0.15, -0.1) is 0 Å². The molecule has 0 bridgehead atoms. The Morgan fingerprint density at radius 3 is 1.27 bits per heavy atom. The molecule has 15 heavy (non-hydrogen) atoms. The summed E-state index contributed by atoms with van der Waals surface area (Å²) in [5.74, 6) is 0. The fourth-order valence-electron chi connectivity index (χ4n) is 1.28. The van der Waals surface area contributed by atoms with E-state index in [2.05, 4.69) is 0 Å². The van der Waals surface area contributed by atoms with E-state index in [0.29, 0.717) is 0 Å². The molecule has 86 valence electrons.